The molecular weight excluding hydrogens is 260 g/mol. The van der Waals surface area contributed by atoms with Crippen molar-refractivity contribution in [1.82, 2.24) is 0 Å². The van der Waals surface area contributed by atoms with Gasteiger partial charge in [0.2, 0.25) is 0 Å². The van der Waals surface area contributed by atoms with Crippen LogP contribution in [-0.4, -0.2) is 5.97 Å². The molecule has 0 fully saturated rings. The summed E-state index contributed by atoms with van der Waals surface area (Å²) in [5, 5.41) is 0. The summed E-state index contributed by atoms with van der Waals surface area (Å²) in [5.74, 6) is 0.669. The number of carbonyl (C=O) groups excluding carboxylic acids is 1. The van der Waals surface area contributed by atoms with Crippen molar-refractivity contribution >= 4 is 12.0 Å². The number of esters is 1. The zero-order valence-corrected chi connectivity index (χ0v) is 12.7. The van der Waals surface area contributed by atoms with E-state index in [1.165, 1.54) is 17.2 Å². The van der Waals surface area contributed by atoms with Crippen molar-refractivity contribution in [2.75, 3.05) is 0 Å². The zero-order valence-electron chi connectivity index (χ0n) is 12.7. The fourth-order valence-corrected chi connectivity index (χ4v) is 1.91. The average molecular weight is 280 g/mol. The number of ether oxygens (including phenoxy) is 1. The predicted molar refractivity (Wildman–Crippen MR) is 86.4 cm³/mol. The highest BCUT2D eigenvalue weighted by Crippen LogP contribution is 2.18. The lowest BCUT2D eigenvalue weighted by molar-refractivity contribution is -0.128. The largest absolute Gasteiger partial charge is 0.423 e. The van der Waals surface area contributed by atoms with Crippen LogP contribution < -0.4 is 4.74 Å². The SMILES string of the molecule is Cc1ccc(/C=C/C(=O)Oc2ccc(C(C)C)cc2)cc1. The van der Waals surface area contributed by atoms with Crippen molar-refractivity contribution in [3.8, 4) is 5.75 Å². The third-order valence-electron chi connectivity index (χ3n) is 3.25. The van der Waals surface area contributed by atoms with E-state index in [0.29, 0.717) is 11.7 Å². The summed E-state index contributed by atoms with van der Waals surface area (Å²) in [6, 6.07) is 15.6. The molecule has 0 saturated heterocycles. The van der Waals surface area contributed by atoms with E-state index in [1.807, 2.05) is 55.5 Å². The zero-order chi connectivity index (χ0) is 15.2. The molecule has 108 valence electrons. The summed E-state index contributed by atoms with van der Waals surface area (Å²) in [6.45, 7) is 6.29. The Hall–Kier alpha value is -2.35. The van der Waals surface area contributed by atoms with Gasteiger partial charge in [-0.15, -0.1) is 0 Å². The summed E-state index contributed by atoms with van der Waals surface area (Å²) in [7, 11) is 0. The Morgan fingerprint density at radius 2 is 1.62 bits per heavy atom. The highest BCUT2D eigenvalue weighted by molar-refractivity contribution is 5.88. The molecule has 0 radical (unpaired) electrons. The monoisotopic (exact) mass is 280 g/mol. The van der Waals surface area contributed by atoms with Crippen molar-refractivity contribution in [2.24, 2.45) is 0 Å². The molecule has 0 bridgehead atoms. The smallest absolute Gasteiger partial charge is 0.336 e. The Morgan fingerprint density at radius 1 is 1.00 bits per heavy atom. The van der Waals surface area contributed by atoms with Crippen molar-refractivity contribution in [1.29, 1.82) is 0 Å². The second-order valence-electron chi connectivity index (χ2n) is 5.39. The van der Waals surface area contributed by atoms with Gasteiger partial charge in [0.1, 0.15) is 5.75 Å². The fourth-order valence-electron chi connectivity index (χ4n) is 1.91. The van der Waals surface area contributed by atoms with Crippen LogP contribution in [0.1, 0.15) is 36.5 Å². The van der Waals surface area contributed by atoms with E-state index in [9.17, 15) is 4.79 Å². The van der Waals surface area contributed by atoms with Crippen LogP contribution in [0.2, 0.25) is 0 Å². The molecule has 0 aliphatic heterocycles. The van der Waals surface area contributed by atoms with Crippen LogP contribution in [0.25, 0.3) is 6.08 Å². The second kappa shape index (κ2) is 6.89. The Kier molecular flexibility index (Phi) is 4.94. The normalized spacial score (nSPS) is 11.0. The first-order valence-electron chi connectivity index (χ1n) is 7.11. The van der Waals surface area contributed by atoms with Gasteiger partial charge >= 0.3 is 5.97 Å². The third-order valence-corrected chi connectivity index (χ3v) is 3.25. The van der Waals surface area contributed by atoms with Gasteiger partial charge in [-0.1, -0.05) is 55.8 Å². The molecule has 0 aliphatic carbocycles. The molecular formula is C19H20O2. The van der Waals surface area contributed by atoms with Gasteiger partial charge < -0.3 is 4.74 Å². The molecule has 0 unspecified atom stereocenters. The van der Waals surface area contributed by atoms with Crippen molar-refractivity contribution < 1.29 is 9.53 Å². The maximum Gasteiger partial charge on any atom is 0.336 e. The first-order valence-corrected chi connectivity index (χ1v) is 7.11. The summed E-state index contributed by atoms with van der Waals surface area (Å²) in [6.07, 6.45) is 3.20. The minimum absolute atomic E-state index is 0.368. The van der Waals surface area contributed by atoms with Gasteiger partial charge in [-0.25, -0.2) is 4.79 Å². The van der Waals surface area contributed by atoms with E-state index in [2.05, 4.69) is 13.8 Å². The number of carbonyl (C=O) groups is 1. The molecule has 0 aliphatic rings. The molecule has 2 aromatic carbocycles. The maximum absolute atomic E-state index is 11.8. The Labute approximate surface area is 126 Å². The summed E-state index contributed by atoms with van der Waals surface area (Å²) < 4.78 is 5.27. The van der Waals surface area contributed by atoms with Crippen LogP contribution in [0.3, 0.4) is 0 Å². The van der Waals surface area contributed by atoms with Gasteiger partial charge in [-0.05, 0) is 42.2 Å². The van der Waals surface area contributed by atoms with Crippen LogP contribution in [0.4, 0.5) is 0 Å². The van der Waals surface area contributed by atoms with E-state index in [-0.39, 0.29) is 5.97 Å². The van der Waals surface area contributed by atoms with E-state index < -0.39 is 0 Å². The topological polar surface area (TPSA) is 26.3 Å². The van der Waals surface area contributed by atoms with Gasteiger partial charge in [0.15, 0.2) is 0 Å². The van der Waals surface area contributed by atoms with E-state index in [1.54, 1.807) is 6.08 Å². The number of hydrogen-bond donors (Lipinski definition) is 0. The van der Waals surface area contributed by atoms with Crippen LogP contribution >= 0.6 is 0 Å². The summed E-state index contributed by atoms with van der Waals surface area (Å²) in [4.78, 5) is 11.8. The molecule has 0 atom stereocenters. The van der Waals surface area contributed by atoms with Gasteiger partial charge in [0.25, 0.3) is 0 Å². The molecule has 2 nitrogen and oxygen atoms in total. The van der Waals surface area contributed by atoms with Gasteiger partial charge in [-0.2, -0.15) is 0 Å². The van der Waals surface area contributed by atoms with E-state index >= 15 is 0 Å². The Morgan fingerprint density at radius 3 is 2.19 bits per heavy atom. The van der Waals surface area contributed by atoms with Crippen LogP contribution in [0.15, 0.2) is 54.6 Å². The van der Waals surface area contributed by atoms with Crippen molar-refractivity contribution in [3.63, 3.8) is 0 Å². The molecule has 21 heavy (non-hydrogen) atoms. The van der Waals surface area contributed by atoms with Crippen molar-refractivity contribution in [3.05, 3.63) is 71.3 Å². The lowest BCUT2D eigenvalue weighted by Crippen LogP contribution is -2.03. The number of hydrogen-bond acceptors (Lipinski definition) is 2. The third kappa shape index (κ3) is 4.60. The molecule has 2 rings (SSSR count). The van der Waals surface area contributed by atoms with Gasteiger partial charge in [-0.3, -0.25) is 0 Å². The molecule has 0 N–H and O–H groups in total. The number of benzene rings is 2. The maximum atomic E-state index is 11.8. The van der Waals surface area contributed by atoms with Crippen molar-refractivity contribution in [2.45, 2.75) is 26.7 Å². The van der Waals surface area contributed by atoms with E-state index in [4.69, 9.17) is 4.74 Å². The van der Waals surface area contributed by atoms with Crippen LogP contribution in [0.5, 0.6) is 5.75 Å². The molecule has 2 aromatic rings. The molecule has 0 amide bonds. The fraction of sp³-hybridized carbons (Fsp3) is 0.211. The predicted octanol–water partition coefficient (Wildman–Crippen LogP) is 4.74. The Bertz CT molecular complexity index is 620. The molecule has 0 aromatic heterocycles. The molecule has 0 saturated carbocycles. The summed E-state index contributed by atoms with van der Waals surface area (Å²) in [5.41, 5.74) is 3.40. The van der Waals surface area contributed by atoms with Crippen LogP contribution in [-0.2, 0) is 4.79 Å². The number of aryl methyl sites for hydroxylation is 1. The minimum Gasteiger partial charge on any atom is -0.423 e. The average Bonchev–Trinajstić information content (AvgIpc) is 2.47. The van der Waals surface area contributed by atoms with Gasteiger partial charge in [0, 0.05) is 6.08 Å². The summed E-state index contributed by atoms with van der Waals surface area (Å²) >= 11 is 0. The van der Waals surface area contributed by atoms with Crippen LogP contribution in [0, 0.1) is 6.92 Å². The molecule has 0 spiro atoms. The number of rotatable bonds is 4. The molecule has 2 heteroatoms. The molecule has 0 heterocycles. The second-order valence-corrected chi connectivity index (χ2v) is 5.39. The first kappa shape index (κ1) is 15.0. The lowest BCUT2D eigenvalue weighted by Gasteiger charge is -2.06. The standard InChI is InChI=1S/C19H20O2/c1-14(2)17-9-11-18(12-10-17)21-19(20)13-8-16-6-4-15(3)5-7-16/h4-14H,1-3H3/b13-8+. The lowest BCUT2D eigenvalue weighted by atomic mass is 10.0. The van der Waals surface area contributed by atoms with E-state index in [0.717, 1.165) is 5.56 Å². The Balaban J connectivity index is 1.96. The first-order chi connectivity index (χ1) is 10.0. The van der Waals surface area contributed by atoms with Gasteiger partial charge in [0.05, 0.1) is 0 Å². The quantitative estimate of drug-likeness (QED) is 0.459. The highest BCUT2D eigenvalue weighted by Gasteiger charge is 2.02. The minimum atomic E-state index is -0.368. The highest BCUT2D eigenvalue weighted by atomic mass is 16.5.